The van der Waals surface area contributed by atoms with Gasteiger partial charge < -0.3 is 10.1 Å². The fourth-order valence-corrected chi connectivity index (χ4v) is 1.71. The third-order valence-corrected chi connectivity index (χ3v) is 2.65. The number of ether oxygens (including phenoxy) is 1. The molecule has 0 heterocycles. The van der Waals surface area contributed by atoms with Crippen molar-refractivity contribution in [1.82, 2.24) is 5.32 Å². The summed E-state index contributed by atoms with van der Waals surface area (Å²) in [5, 5.41) is 3.45. The first-order chi connectivity index (χ1) is 8.19. The molecule has 0 amide bonds. The second-order valence-electron chi connectivity index (χ2n) is 4.21. The maximum absolute atomic E-state index is 5.59. The Balaban J connectivity index is 2.85. The summed E-state index contributed by atoms with van der Waals surface area (Å²) in [6.45, 7) is 7.67. The molecule has 0 spiro atoms. The molecule has 17 heavy (non-hydrogen) atoms. The molecule has 0 saturated carbocycles. The maximum atomic E-state index is 5.59. The quantitative estimate of drug-likeness (QED) is 0.760. The summed E-state index contributed by atoms with van der Waals surface area (Å²) in [6.07, 6.45) is 6.35. The van der Waals surface area contributed by atoms with Gasteiger partial charge in [-0.05, 0) is 38.4 Å². The number of benzene rings is 1. The molecule has 0 aromatic heterocycles. The molecule has 2 nitrogen and oxygen atoms in total. The van der Waals surface area contributed by atoms with E-state index >= 15 is 0 Å². The Labute approximate surface area is 104 Å². The minimum absolute atomic E-state index is 0.281. The summed E-state index contributed by atoms with van der Waals surface area (Å²) in [5.74, 6) is 3.39. The van der Waals surface area contributed by atoms with Gasteiger partial charge in [0.05, 0.1) is 0 Å². The maximum Gasteiger partial charge on any atom is 0.148 e. The van der Waals surface area contributed by atoms with Gasteiger partial charge in [0.2, 0.25) is 0 Å². The van der Waals surface area contributed by atoms with Gasteiger partial charge in [0, 0.05) is 11.6 Å². The average Bonchev–Trinajstić information content (AvgIpc) is 2.33. The van der Waals surface area contributed by atoms with Crippen molar-refractivity contribution in [2.24, 2.45) is 0 Å². The van der Waals surface area contributed by atoms with E-state index in [1.807, 2.05) is 6.07 Å². The predicted molar refractivity (Wildman–Crippen MR) is 72.2 cm³/mol. The van der Waals surface area contributed by atoms with Crippen LogP contribution in [0.1, 0.15) is 37.4 Å². The molecule has 1 rings (SSSR count). The van der Waals surface area contributed by atoms with Crippen LogP contribution in [0.3, 0.4) is 0 Å². The van der Waals surface area contributed by atoms with E-state index in [-0.39, 0.29) is 6.04 Å². The van der Waals surface area contributed by atoms with E-state index in [2.05, 4.69) is 44.1 Å². The predicted octanol–water partition coefficient (Wildman–Crippen LogP) is 3.07. The number of rotatable bonds is 6. The van der Waals surface area contributed by atoms with Crippen LogP contribution in [-0.2, 0) is 0 Å². The second-order valence-corrected chi connectivity index (χ2v) is 4.21. The van der Waals surface area contributed by atoms with Crippen LogP contribution in [0.15, 0.2) is 18.2 Å². The first-order valence-electron chi connectivity index (χ1n) is 6.09. The van der Waals surface area contributed by atoms with Gasteiger partial charge in [-0.3, -0.25) is 0 Å². The molecule has 92 valence electrons. The molecule has 0 bridgehead atoms. The Kier molecular flexibility index (Phi) is 5.59. The molecule has 0 radical (unpaired) electrons. The van der Waals surface area contributed by atoms with Gasteiger partial charge in [-0.1, -0.05) is 25.0 Å². The van der Waals surface area contributed by atoms with E-state index in [1.165, 1.54) is 11.1 Å². The number of nitrogens with one attached hydrogen (secondary N) is 1. The van der Waals surface area contributed by atoms with E-state index in [0.717, 1.165) is 18.7 Å². The van der Waals surface area contributed by atoms with E-state index in [9.17, 15) is 0 Å². The first-order valence-corrected chi connectivity index (χ1v) is 6.09. The molecule has 1 atom stereocenters. The van der Waals surface area contributed by atoms with Gasteiger partial charge in [0.1, 0.15) is 12.4 Å². The molecule has 1 unspecified atom stereocenters. The van der Waals surface area contributed by atoms with Gasteiger partial charge in [0.25, 0.3) is 0 Å². The Bertz CT molecular complexity index is 392. The van der Waals surface area contributed by atoms with Crippen molar-refractivity contribution in [3.63, 3.8) is 0 Å². The third kappa shape index (κ3) is 4.13. The van der Waals surface area contributed by atoms with Gasteiger partial charge >= 0.3 is 0 Å². The fraction of sp³-hybridized carbons (Fsp3) is 0.467. The van der Waals surface area contributed by atoms with Crippen molar-refractivity contribution in [2.45, 2.75) is 33.2 Å². The minimum Gasteiger partial charge on any atom is -0.481 e. The lowest BCUT2D eigenvalue weighted by atomic mass is 10.0. The molecular formula is C15H21NO. The summed E-state index contributed by atoms with van der Waals surface area (Å²) >= 11 is 0. The number of hydrogen-bond acceptors (Lipinski definition) is 2. The van der Waals surface area contributed by atoms with Crippen molar-refractivity contribution >= 4 is 0 Å². The van der Waals surface area contributed by atoms with E-state index < -0.39 is 0 Å². The average molecular weight is 231 g/mol. The van der Waals surface area contributed by atoms with Gasteiger partial charge in [-0.15, -0.1) is 6.42 Å². The number of terminal acetylenes is 1. The molecule has 0 aliphatic heterocycles. The first kappa shape index (κ1) is 13.6. The number of aryl methyl sites for hydroxylation is 1. The highest BCUT2D eigenvalue weighted by molar-refractivity contribution is 5.39. The van der Waals surface area contributed by atoms with Gasteiger partial charge in [-0.2, -0.15) is 0 Å². The molecule has 2 heteroatoms. The Morgan fingerprint density at radius 2 is 2.24 bits per heavy atom. The van der Waals surface area contributed by atoms with Crippen LogP contribution in [0, 0.1) is 19.3 Å². The van der Waals surface area contributed by atoms with Gasteiger partial charge in [0.15, 0.2) is 0 Å². The lowest BCUT2D eigenvalue weighted by Crippen LogP contribution is -2.20. The summed E-state index contributed by atoms with van der Waals surface area (Å²) in [4.78, 5) is 0. The molecule has 1 N–H and O–H groups in total. The number of hydrogen-bond donors (Lipinski definition) is 1. The lowest BCUT2D eigenvalue weighted by molar-refractivity contribution is 0.360. The van der Waals surface area contributed by atoms with Crippen LogP contribution in [0.4, 0.5) is 0 Å². The zero-order chi connectivity index (χ0) is 12.7. The standard InChI is InChI=1S/C15H21NO/c1-5-9-16-13(4)14-8-7-12(3)11-15(14)17-10-6-2/h2,7-8,11,13,16H,5,9-10H2,1,3-4H3. The molecule has 0 aliphatic rings. The second kappa shape index (κ2) is 6.98. The smallest absolute Gasteiger partial charge is 0.148 e. The van der Waals surface area contributed by atoms with Crippen molar-refractivity contribution < 1.29 is 4.74 Å². The highest BCUT2D eigenvalue weighted by atomic mass is 16.5. The van der Waals surface area contributed by atoms with E-state index in [1.54, 1.807) is 0 Å². The van der Waals surface area contributed by atoms with Gasteiger partial charge in [-0.25, -0.2) is 0 Å². The monoisotopic (exact) mass is 231 g/mol. The topological polar surface area (TPSA) is 21.3 Å². The Hall–Kier alpha value is -1.46. The highest BCUT2D eigenvalue weighted by Crippen LogP contribution is 2.26. The largest absolute Gasteiger partial charge is 0.481 e. The zero-order valence-corrected chi connectivity index (χ0v) is 10.9. The van der Waals surface area contributed by atoms with E-state index in [4.69, 9.17) is 11.2 Å². The van der Waals surface area contributed by atoms with Crippen molar-refractivity contribution in [1.29, 1.82) is 0 Å². The normalized spacial score (nSPS) is 11.9. The summed E-state index contributed by atoms with van der Waals surface area (Å²) in [6, 6.07) is 6.52. The van der Waals surface area contributed by atoms with Crippen molar-refractivity contribution in [2.75, 3.05) is 13.2 Å². The third-order valence-electron chi connectivity index (χ3n) is 2.65. The minimum atomic E-state index is 0.281. The molecular weight excluding hydrogens is 210 g/mol. The van der Waals surface area contributed by atoms with Crippen LogP contribution in [-0.4, -0.2) is 13.2 Å². The highest BCUT2D eigenvalue weighted by Gasteiger charge is 2.10. The summed E-state index contributed by atoms with van der Waals surface area (Å²) < 4.78 is 5.59. The molecule has 0 fully saturated rings. The summed E-state index contributed by atoms with van der Waals surface area (Å²) in [5.41, 5.74) is 2.35. The van der Waals surface area contributed by atoms with Crippen LogP contribution < -0.4 is 10.1 Å². The zero-order valence-electron chi connectivity index (χ0n) is 10.9. The fourth-order valence-electron chi connectivity index (χ4n) is 1.71. The Morgan fingerprint density at radius 3 is 2.88 bits per heavy atom. The van der Waals surface area contributed by atoms with Crippen LogP contribution in [0.5, 0.6) is 5.75 Å². The molecule has 1 aromatic rings. The van der Waals surface area contributed by atoms with Crippen molar-refractivity contribution in [3.8, 4) is 18.1 Å². The lowest BCUT2D eigenvalue weighted by Gasteiger charge is -2.18. The molecule has 0 aliphatic carbocycles. The van der Waals surface area contributed by atoms with Crippen LogP contribution in [0.25, 0.3) is 0 Å². The van der Waals surface area contributed by atoms with Crippen molar-refractivity contribution in [3.05, 3.63) is 29.3 Å². The molecule has 0 saturated heterocycles. The Morgan fingerprint density at radius 1 is 1.47 bits per heavy atom. The SMILES string of the molecule is C#CCOc1cc(C)ccc1C(C)NCCC. The van der Waals surface area contributed by atoms with Crippen LogP contribution >= 0.6 is 0 Å². The molecule has 1 aromatic carbocycles. The van der Waals surface area contributed by atoms with E-state index in [0.29, 0.717) is 6.61 Å². The summed E-state index contributed by atoms with van der Waals surface area (Å²) in [7, 11) is 0. The van der Waals surface area contributed by atoms with Crippen LogP contribution in [0.2, 0.25) is 0 Å².